The van der Waals surface area contributed by atoms with Crippen LogP contribution in [-0.2, 0) is 0 Å². The molecular formula is C9H10F2N2O4S. The quantitative estimate of drug-likeness (QED) is 0.655. The van der Waals surface area contributed by atoms with Crippen molar-refractivity contribution in [3.63, 3.8) is 0 Å². The Hall–Kier alpha value is -1.19. The molecule has 2 rings (SSSR count). The average Bonchev–Trinajstić information content (AvgIpc) is 2.52. The fourth-order valence-electron chi connectivity index (χ4n) is 1.72. The van der Waals surface area contributed by atoms with Crippen LogP contribution in [0.2, 0.25) is 0 Å². The van der Waals surface area contributed by atoms with Gasteiger partial charge in [-0.3, -0.25) is 14.3 Å². The molecule has 9 heteroatoms. The molecule has 100 valence electrons. The molecule has 0 amide bonds. The third-order valence-electron chi connectivity index (χ3n) is 2.69. The van der Waals surface area contributed by atoms with Crippen LogP contribution in [0.1, 0.15) is 5.37 Å². The number of H-pyrrole nitrogens is 1. The number of rotatable bonds is 2. The van der Waals surface area contributed by atoms with Crippen molar-refractivity contribution in [2.45, 2.75) is 22.7 Å². The molecule has 0 unspecified atom stereocenters. The van der Waals surface area contributed by atoms with Gasteiger partial charge in [-0.15, -0.1) is 11.8 Å². The zero-order valence-corrected chi connectivity index (χ0v) is 9.73. The topological polar surface area (TPSA) is 95.3 Å². The zero-order valence-electron chi connectivity index (χ0n) is 8.92. The van der Waals surface area contributed by atoms with E-state index in [1.54, 1.807) is 0 Å². The molecule has 1 fully saturated rings. The number of hydrogen-bond donors (Lipinski definition) is 3. The Kier molecular flexibility index (Phi) is 3.30. The summed E-state index contributed by atoms with van der Waals surface area (Å²) in [7, 11) is 0. The first-order chi connectivity index (χ1) is 8.37. The van der Waals surface area contributed by atoms with Crippen molar-refractivity contribution < 1.29 is 19.0 Å². The fourth-order valence-corrected chi connectivity index (χ4v) is 3.10. The van der Waals surface area contributed by atoms with E-state index >= 15 is 0 Å². The summed E-state index contributed by atoms with van der Waals surface area (Å²) in [6.45, 7) is -0.816. The number of halogens is 2. The van der Waals surface area contributed by atoms with Crippen LogP contribution < -0.4 is 11.2 Å². The highest BCUT2D eigenvalue weighted by atomic mass is 32.2. The Bertz CT molecular complexity index is 558. The van der Waals surface area contributed by atoms with Crippen LogP contribution in [-0.4, -0.2) is 43.6 Å². The van der Waals surface area contributed by atoms with Gasteiger partial charge in [0.2, 0.25) is 0 Å². The lowest BCUT2D eigenvalue weighted by Gasteiger charge is -2.20. The van der Waals surface area contributed by atoms with Crippen LogP contribution in [0.5, 0.6) is 0 Å². The normalized spacial score (nSPS) is 30.6. The molecule has 6 nitrogen and oxygen atoms in total. The number of nitrogens with one attached hydrogen (secondary N) is 1. The van der Waals surface area contributed by atoms with Crippen LogP contribution in [0.25, 0.3) is 0 Å². The molecule has 0 aliphatic carbocycles. The number of aliphatic hydroxyl groups is 2. The molecule has 2 heterocycles. The number of aromatic nitrogens is 2. The molecule has 1 aliphatic heterocycles. The molecule has 1 aliphatic rings. The number of aromatic amines is 1. The lowest BCUT2D eigenvalue weighted by Crippen LogP contribution is -2.42. The van der Waals surface area contributed by atoms with Gasteiger partial charge < -0.3 is 10.2 Å². The van der Waals surface area contributed by atoms with Crippen LogP contribution in [0.3, 0.4) is 0 Å². The average molecular weight is 280 g/mol. The summed E-state index contributed by atoms with van der Waals surface area (Å²) in [6.07, 6.45) is -1.07. The number of alkyl halides is 2. The number of nitrogens with zero attached hydrogens (tertiary/aromatic N) is 1. The summed E-state index contributed by atoms with van der Waals surface area (Å²) < 4.78 is 27.9. The third-order valence-corrected chi connectivity index (χ3v) is 4.24. The molecule has 1 aromatic rings. The highest BCUT2D eigenvalue weighted by molar-refractivity contribution is 8.00. The SMILES string of the molecule is O=c1ccn([C@H]2S[C@@H](CO)C(F)(F)[C@@H]2O)c(=O)[nH]1. The second-order valence-corrected chi connectivity index (χ2v) is 5.16. The van der Waals surface area contributed by atoms with Crippen molar-refractivity contribution in [1.29, 1.82) is 0 Å². The summed E-state index contributed by atoms with van der Waals surface area (Å²) >= 11 is 0.590. The lowest BCUT2D eigenvalue weighted by atomic mass is 10.1. The Morgan fingerprint density at radius 1 is 1.50 bits per heavy atom. The molecule has 1 aromatic heterocycles. The van der Waals surface area contributed by atoms with Gasteiger partial charge in [0.25, 0.3) is 11.5 Å². The predicted octanol–water partition coefficient (Wildman–Crippen LogP) is -0.861. The molecule has 0 saturated carbocycles. The Labute approximate surface area is 103 Å². The fraction of sp³-hybridized carbons (Fsp3) is 0.556. The number of hydrogen-bond acceptors (Lipinski definition) is 5. The summed E-state index contributed by atoms with van der Waals surface area (Å²) in [5.74, 6) is -3.50. The first kappa shape index (κ1) is 13.2. The molecule has 3 N–H and O–H groups in total. The monoisotopic (exact) mass is 280 g/mol. The van der Waals surface area contributed by atoms with E-state index in [9.17, 15) is 23.5 Å². The minimum absolute atomic E-state index is 0.590. The Morgan fingerprint density at radius 3 is 2.67 bits per heavy atom. The van der Waals surface area contributed by atoms with Gasteiger partial charge in [-0.05, 0) is 0 Å². The van der Waals surface area contributed by atoms with Crippen molar-refractivity contribution in [3.05, 3.63) is 33.1 Å². The van der Waals surface area contributed by atoms with Crippen LogP contribution in [0, 0.1) is 0 Å². The van der Waals surface area contributed by atoms with Gasteiger partial charge in [0.05, 0.1) is 11.9 Å². The molecule has 0 radical (unpaired) electrons. The van der Waals surface area contributed by atoms with Crippen molar-refractivity contribution in [2.24, 2.45) is 0 Å². The molecular weight excluding hydrogens is 270 g/mol. The van der Waals surface area contributed by atoms with Crippen LogP contribution >= 0.6 is 11.8 Å². The first-order valence-electron chi connectivity index (χ1n) is 5.01. The maximum Gasteiger partial charge on any atom is 0.329 e. The van der Waals surface area contributed by atoms with E-state index < -0.39 is 40.5 Å². The lowest BCUT2D eigenvalue weighted by molar-refractivity contribution is -0.110. The van der Waals surface area contributed by atoms with Gasteiger partial charge in [-0.2, -0.15) is 0 Å². The molecule has 0 aromatic carbocycles. The van der Waals surface area contributed by atoms with E-state index in [0.717, 1.165) is 16.8 Å². The second-order valence-electron chi connectivity index (χ2n) is 3.83. The van der Waals surface area contributed by atoms with E-state index in [2.05, 4.69) is 0 Å². The van der Waals surface area contributed by atoms with Gasteiger partial charge in [0, 0.05) is 12.3 Å². The number of aliphatic hydroxyl groups excluding tert-OH is 2. The third kappa shape index (κ3) is 1.98. The molecule has 0 bridgehead atoms. The molecule has 18 heavy (non-hydrogen) atoms. The smallest absolute Gasteiger partial charge is 0.329 e. The summed E-state index contributed by atoms with van der Waals surface area (Å²) in [4.78, 5) is 24.2. The van der Waals surface area contributed by atoms with Gasteiger partial charge in [-0.1, -0.05) is 0 Å². The van der Waals surface area contributed by atoms with Gasteiger partial charge in [-0.25, -0.2) is 13.6 Å². The minimum Gasteiger partial charge on any atom is -0.395 e. The summed E-state index contributed by atoms with van der Waals surface area (Å²) in [5, 5.41) is 15.6. The van der Waals surface area contributed by atoms with E-state index in [0.29, 0.717) is 11.8 Å². The largest absolute Gasteiger partial charge is 0.395 e. The van der Waals surface area contributed by atoms with Crippen LogP contribution in [0.15, 0.2) is 21.9 Å². The first-order valence-corrected chi connectivity index (χ1v) is 5.96. The second kappa shape index (κ2) is 4.48. The summed E-state index contributed by atoms with van der Waals surface area (Å²) in [5.41, 5.74) is -1.53. The molecule has 1 saturated heterocycles. The number of thioether (sulfide) groups is 1. The van der Waals surface area contributed by atoms with Gasteiger partial charge >= 0.3 is 5.69 Å². The van der Waals surface area contributed by atoms with E-state index in [1.807, 2.05) is 4.98 Å². The van der Waals surface area contributed by atoms with E-state index in [1.165, 1.54) is 0 Å². The van der Waals surface area contributed by atoms with Crippen molar-refractivity contribution >= 4 is 11.8 Å². The van der Waals surface area contributed by atoms with E-state index in [-0.39, 0.29) is 0 Å². The van der Waals surface area contributed by atoms with Gasteiger partial charge in [0.15, 0.2) is 0 Å². The standard InChI is InChI=1S/C9H10F2N2O4S/c10-9(11)4(3-14)18-7(6(9)16)13-2-1-5(15)12-8(13)17/h1-2,4,6-7,14,16H,3H2,(H,12,15,17)/t4-,6+,7-/m0/s1. The molecule has 3 atom stereocenters. The summed E-state index contributed by atoms with van der Waals surface area (Å²) in [6, 6.07) is 0.999. The van der Waals surface area contributed by atoms with Crippen molar-refractivity contribution in [1.82, 2.24) is 9.55 Å². The minimum atomic E-state index is -3.50. The van der Waals surface area contributed by atoms with Gasteiger partial charge in [0.1, 0.15) is 11.5 Å². The Morgan fingerprint density at radius 2 is 2.17 bits per heavy atom. The maximum absolute atomic E-state index is 13.5. The Balaban J connectivity index is 2.41. The van der Waals surface area contributed by atoms with Crippen molar-refractivity contribution in [2.75, 3.05) is 6.61 Å². The van der Waals surface area contributed by atoms with Crippen LogP contribution in [0.4, 0.5) is 8.78 Å². The maximum atomic E-state index is 13.5. The zero-order chi connectivity index (χ0) is 13.5. The molecule has 0 spiro atoms. The predicted molar refractivity (Wildman–Crippen MR) is 59.8 cm³/mol. The highest BCUT2D eigenvalue weighted by Crippen LogP contribution is 2.49. The highest BCUT2D eigenvalue weighted by Gasteiger charge is 2.58. The van der Waals surface area contributed by atoms with Crippen molar-refractivity contribution in [3.8, 4) is 0 Å². The van der Waals surface area contributed by atoms with E-state index in [4.69, 9.17) is 5.11 Å².